The third-order valence-electron chi connectivity index (χ3n) is 2.96. The molecule has 0 fully saturated rings. The normalized spacial score (nSPS) is 12.0. The van der Waals surface area contributed by atoms with Gasteiger partial charge in [-0.1, -0.05) is 36.4 Å². The van der Waals surface area contributed by atoms with E-state index in [1.54, 1.807) is 42.5 Å². The lowest BCUT2D eigenvalue weighted by Gasteiger charge is -2.24. The number of nitriles is 1. The lowest BCUT2D eigenvalue weighted by molar-refractivity contribution is -0.149. The highest BCUT2D eigenvalue weighted by Crippen LogP contribution is 2.16. The molecule has 0 spiro atoms. The molecule has 1 rings (SSSR count). The molecule has 1 aromatic carbocycles. The summed E-state index contributed by atoms with van der Waals surface area (Å²) in [5, 5.41) is 8.76. The number of anilines is 1. The standard InChI is InChI=1S/C18H20N2O3/c1-3-4-6-12-17(21)23-15(2)18(22)20(14-9-13-19)16-10-7-5-8-11-16/h3-8,10-12,15H,9,14H2,1-2H3/b4-3+,12-6+. The van der Waals surface area contributed by atoms with Crippen molar-refractivity contribution in [3.8, 4) is 6.07 Å². The Hall–Kier alpha value is -2.87. The van der Waals surface area contributed by atoms with Crippen molar-refractivity contribution in [2.24, 2.45) is 0 Å². The summed E-state index contributed by atoms with van der Waals surface area (Å²) in [5.41, 5.74) is 0.667. The van der Waals surface area contributed by atoms with E-state index >= 15 is 0 Å². The van der Waals surface area contributed by atoms with Crippen LogP contribution in [0.3, 0.4) is 0 Å². The molecular weight excluding hydrogens is 292 g/mol. The number of hydrogen-bond donors (Lipinski definition) is 0. The van der Waals surface area contributed by atoms with E-state index < -0.39 is 12.1 Å². The van der Waals surface area contributed by atoms with Crippen LogP contribution in [0.1, 0.15) is 20.3 Å². The van der Waals surface area contributed by atoms with Crippen molar-refractivity contribution in [2.45, 2.75) is 26.4 Å². The van der Waals surface area contributed by atoms with Crippen LogP contribution in [-0.2, 0) is 14.3 Å². The first-order valence-electron chi connectivity index (χ1n) is 7.33. The molecule has 1 unspecified atom stereocenters. The summed E-state index contributed by atoms with van der Waals surface area (Å²) in [6, 6.07) is 11.0. The molecule has 120 valence electrons. The zero-order valence-electron chi connectivity index (χ0n) is 13.3. The fourth-order valence-corrected chi connectivity index (χ4v) is 1.86. The highest BCUT2D eigenvalue weighted by atomic mass is 16.5. The van der Waals surface area contributed by atoms with Crippen LogP contribution in [0.15, 0.2) is 54.6 Å². The zero-order chi connectivity index (χ0) is 17.1. The third kappa shape index (κ3) is 6.18. The molecule has 0 heterocycles. The Labute approximate surface area is 136 Å². The highest BCUT2D eigenvalue weighted by molar-refractivity contribution is 5.98. The Morgan fingerprint density at radius 2 is 2.00 bits per heavy atom. The van der Waals surface area contributed by atoms with Gasteiger partial charge in [0, 0.05) is 18.3 Å². The second kappa shape index (κ2) is 9.96. The second-order valence-electron chi connectivity index (χ2n) is 4.70. The molecule has 0 bridgehead atoms. The summed E-state index contributed by atoms with van der Waals surface area (Å²) in [7, 11) is 0. The zero-order valence-corrected chi connectivity index (χ0v) is 13.3. The maximum absolute atomic E-state index is 12.5. The Morgan fingerprint density at radius 3 is 2.61 bits per heavy atom. The quantitative estimate of drug-likeness (QED) is 0.441. The molecule has 0 radical (unpaired) electrons. The number of carbonyl (C=O) groups excluding carboxylic acids is 2. The number of amides is 1. The SMILES string of the molecule is C/C=C/C=C/C(=O)OC(C)C(=O)N(CCC#N)c1ccccc1. The van der Waals surface area contributed by atoms with E-state index in [0.717, 1.165) is 0 Å². The third-order valence-corrected chi connectivity index (χ3v) is 2.96. The number of ether oxygens (including phenoxy) is 1. The lowest BCUT2D eigenvalue weighted by atomic mass is 10.2. The molecule has 0 aliphatic heterocycles. The van der Waals surface area contributed by atoms with Crippen molar-refractivity contribution in [2.75, 3.05) is 11.4 Å². The summed E-state index contributed by atoms with van der Waals surface area (Å²) < 4.78 is 5.11. The van der Waals surface area contributed by atoms with Crippen LogP contribution in [0.5, 0.6) is 0 Å². The number of allylic oxidation sites excluding steroid dienone is 3. The maximum atomic E-state index is 12.5. The van der Waals surface area contributed by atoms with E-state index in [1.807, 2.05) is 19.1 Å². The summed E-state index contributed by atoms with van der Waals surface area (Å²) in [6.07, 6.45) is 5.53. The first kappa shape index (κ1) is 18.2. The van der Waals surface area contributed by atoms with E-state index in [4.69, 9.17) is 10.00 Å². The predicted octanol–water partition coefficient (Wildman–Crippen LogP) is 3.00. The van der Waals surface area contributed by atoms with Gasteiger partial charge in [0.25, 0.3) is 5.91 Å². The van der Waals surface area contributed by atoms with E-state index in [2.05, 4.69) is 0 Å². The van der Waals surface area contributed by atoms with Gasteiger partial charge < -0.3 is 9.64 Å². The molecule has 5 heteroatoms. The molecule has 5 nitrogen and oxygen atoms in total. The van der Waals surface area contributed by atoms with Gasteiger partial charge in [0.15, 0.2) is 6.10 Å². The fourth-order valence-electron chi connectivity index (χ4n) is 1.86. The molecule has 0 aliphatic carbocycles. The van der Waals surface area contributed by atoms with Gasteiger partial charge in [-0.2, -0.15) is 5.26 Å². The second-order valence-corrected chi connectivity index (χ2v) is 4.70. The molecule has 0 aromatic heterocycles. The van der Waals surface area contributed by atoms with Crippen LogP contribution in [-0.4, -0.2) is 24.5 Å². The average molecular weight is 312 g/mol. The van der Waals surface area contributed by atoms with Crippen LogP contribution in [0.2, 0.25) is 0 Å². The minimum Gasteiger partial charge on any atom is -0.449 e. The van der Waals surface area contributed by atoms with Gasteiger partial charge >= 0.3 is 5.97 Å². The molecule has 23 heavy (non-hydrogen) atoms. The molecule has 1 aromatic rings. The number of carbonyl (C=O) groups is 2. The Bertz CT molecular complexity index is 615. The van der Waals surface area contributed by atoms with E-state index in [-0.39, 0.29) is 18.9 Å². The topological polar surface area (TPSA) is 70.4 Å². The Morgan fingerprint density at radius 1 is 1.30 bits per heavy atom. The van der Waals surface area contributed by atoms with E-state index in [9.17, 15) is 9.59 Å². The van der Waals surface area contributed by atoms with Crippen LogP contribution in [0.4, 0.5) is 5.69 Å². The largest absolute Gasteiger partial charge is 0.449 e. The van der Waals surface area contributed by atoms with Gasteiger partial charge in [-0.25, -0.2) is 4.79 Å². The molecule has 0 N–H and O–H groups in total. The maximum Gasteiger partial charge on any atom is 0.331 e. The van der Waals surface area contributed by atoms with Crippen LogP contribution in [0.25, 0.3) is 0 Å². The molecule has 0 saturated carbocycles. The van der Waals surface area contributed by atoms with Gasteiger partial charge in [0.2, 0.25) is 0 Å². The van der Waals surface area contributed by atoms with Crippen LogP contribution >= 0.6 is 0 Å². The van der Waals surface area contributed by atoms with Crippen molar-refractivity contribution in [1.82, 2.24) is 0 Å². The minimum absolute atomic E-state index is 0.197. The van der Waals surface area contributed by atoms with Crippen LogP contribution in [0, 0.1) is 11.3 Å². The molecule has 1 atom stereocenters. The number of para-hydroxylation sites is 1. The summed E-state index contributed by atoms with van der Waals surface area (Å²) in [4.78, 5) is 25.6. The van der Waals surface area contributed by atoms with Crippen molar-refractivity contribution in [3.05, 3.63) is 54.6 Å². The number of benzene rings is 1. The van der Waals surface area contributed by atoms with Crippen molar-refractivity contribution in [3.63, 3.8) is 0 Å². The van der Waals surface area contributed by atoms with Crippen molar-refractivity contribution in [1.29, 1.82) is 5.26 Å². The molecule has 1 amide bonds. The van der Waals surface area contributed by atoms with Gasteiger partial charge in [-0.05, 0) is 26.0 Å². The highest BCUT2D eigenvalue weighted by Gasteiger charge is 2.24. The van der Waals surface area contributed by atoms with Gasteiger partial charge in [-0.3, -0.25) is 4.79 Å². The molecule has 0 saturated heterocycles. The van der Waals surface area contributed by atoms with Crippen molar-refractivity contribution < 1.29 is 14.3 Å². The fraction of sp³-hybridized carbons (Fsp3) is 0.278. The Balaban J connectivity index is 2.80. The van der Waals surface area contributed by atoms with Gasteiger partial charge in [-0.15, -0.1) is 0 Å². The minimum atomic E-state index is -0.934. The summed E-state index contributed by atoms with van der Waals surface area (Å²) in [5.74, 6) is -0.948. The first-order valence-corrected chi connectivity index (χ1v) is 7.33. The Kier molecular flexibility index (Phi) is 7.87. The van der Waals surface area contributed by atoms with Gasteiger partial charge in [0.05, 0.1) is 12.5 Å². The summed E-state index contributed by atoms with van der Waals surface area (Å²) in [6.45, 7) is 3.59. The van der Waals surface area contributed by atoms with E-state index in [0.29, 0.717) is 5.69 Å². The molecule has 0 aliphatic rings. The average Bonchev–Trinajstić information content (AvgIpc) is 2.56. The number of hydrogen-bond acceptors (Lipinski definition) is 4. The smallest absolute Gasteiger partial charge is 0.331 e. The first-order chi connectivity index (χ1) is 11.1. The molecular formula is C18H20N2O3. The number of rotatable bonds is 7. The number of esters is 1. The van der Waals surface area contributed by atoms with E-state index in [1.165, 1.54) is 17.9 Å². The van der Waals surface area contributed by atoms with Crippen molar-refractivity contribution >= 4 is 17.6 Å². The lowest BCUT2D eigenvalue weighted by Crippen LogP contribution is -2.40. The number of nitrogens with zero attached hydrogens (tertiary/aromatic N) is 2. The monoisotopic (exact) mass is 312 g/mol. The summed E-state index contributed by atoms with van der Waals surface area (Å²) >= 11 is 0. The van der Waals surface area contributed by atoms with Gasteiger partial charge in [0.1, 0.15) is 0 Å². The predicted molar refractivity (Wildman–Crippen MR) is 88.5 cm³/mol. The van der Waals surface area contributed by atoms with Crippen LogP contribution < -0.4 is 4.90 Å².